The highest BCUT2D eigenvalue weighted by atomic mass is 32.2. The fraction of sp³-hybridized carbons (Fsp3) is 0.538. The molecule has 16 heavy (non-hydrogen) atoms. The standard InChI is InChI=1S/C13H20FNS/c1-9(2)10(3)16-13-7-11(4-5-15)6-12(14)8-13/h6-10H,4-5,15H2,1-3H3. The Bertz CT molecular complexity index is 339. The van der Waals surface area contributed by atoms with Gasteiger partial charge in [-0.3, -0.25) is 0 Å². The first kappa shape index (κ1) is 13.5. The summed E-state index contributed by atoms with van der Waals surface area (Å²) in [5, 5.41) is 0.493. The van der Waals surface area contributed by atoms with Crippen LogP contribution in [0.4, 0.5) is 4.39 Å². The minimum Gasteiger partial charge on any atom is -0.330 e. The summed E-state index contributed by atoms with van der Waals surface area (Å²) in [6, 6.07) is 5.21. The molecule has 0 heterocycles. The maximum absolute atomic E-state index is 13.3. The molecular formula is C13H20FNS. The normalized spacial score (nSPS) is 13.1. The fourth-order valence-electron chi connectivity index (χ4n) is 1.35. The van der Waals surface area contributed by atoms with Gasteiger partial charge in [0.25, 0.3) is 0 Å². The Balaban J connectivity index is 2.79. The van der Waals surface area contributed by atoms with Crippen LogP contribution in [0.2, 0.25) is 0 Å². The van der Waals surface area contributed by atoms with Crippen LogP contribution in [0, 0.1) is 11.7 Å². The van der Waals surface area contributed by atoms with Crippen molar-refractivity contribution in [3.05, 3.63) is 29.6 Å². The second kappa shape index (κ2) is 6.26. The minimum absolute atomic E-state index is 0.163. The molecule has 0 fully saturated rings. The van der Waals surface area contributed by atoms with Crippen LogP contribution in [-0.2, 0) is 6.42 Å². The van der Waals surface area contributed by atoms with E-state index in [0.29, 0.717) is 17.7 Å². The zero-order chi connectivity index (χ0) is 12.1. The molecule has 0 bridgehead atoms. The van der Waals surface area contributed by atoms with E-state index in [1.165, 1.54) is 0 Å². The minimum atomic E-state index is -0.163. The number of halogens is 1. The van der Waals surface area contributed by atoms with E-state index in [4.69, 9.17) is 5.73 Å². The Kier molecular flexibility index (Phi) is 5.29. The topological polar surface area (TPSA) is 26.0 Å². The largest absolute Gasteiger partial charge is 0.330 e. The van der Waals surface area contributed by atoms with E-state index < -0.39 is 0 Å². The molecule has 1 atom stereocenters. The van der Waals surface area contributed by atoms with E-state index in [2.05, 4.69) is 20.8 Å². The lowest BCUT2D eigenvalue weighted by atomic mass is 10.1. The zero-order valence-corrected chi connectivity index (χ0v) is 11.0. The fourth-order valence-corrected chi connectivity index (χ4v) is 2.45. The molecule has 0 aliphatic heterocycles. The van der Waals surface area contributed by atoms with Gasteiger partial charge in [0, 0.05) is 10.1 Å². The van der Waals surface area contributed by atoms with Crippen LogP contribution in [0.25, 0.3) is 0 Å². The molecule has 0 aromatic heterocycles. The van der Waals surface area contributed by atoms with Crippen molar-refractivity contribution in [1.29, 1.82) is 0 Å². The molecule has 1 rings (SSSR count). The summed E-state index contributed by atoms with van der Waals surface area (Å²) in [7, 11) is 0. The van der Waals surface area contributed by atoms with Crippen molar-refractivity contribution in [2.75, 3.05) is 6.54 Å². The maximum atomic E-state index is 13.3. The number of rotatable bonds is 5. The van der Waals surface area contributed by atoms with Gasteiger partial charge in [-0.1, -0.05) is 20.8 Å². The third-order valence-electron chi connectivity index (χ3n) is 2.62. The smallest absolute Gasteiger partial charge is 0.124 e. The highest BCUT2D eigenvalue weighted by Crippen LogP contribution is 2.29. The van der Waals surface area contributed by atoms with Crippen LogP contribution in [0.5, 0.6) is 0 Å². The van der Waals surface area contributed by atoms with Crippen molar-refractivity contribution >= 4 is 11.8 Å². The molecule has 1 aromatic rings. The summed E-state index contributed by atoms with van der Waals surface area (Å²) in [5.41, 5.74) is 6.47. The van der Waals surface area contributed by atoms with E-state index in [0.717, 1.165) is 16.9 Å². The predicted octanol–water partition coefficient (Wildman–Crippen LogP) is 3.46. The van der Waals surface area contributed by atoms with E-state index in [1.807, 2.05) is 6.07 Å². The van der Waals surface area contributed by atoms with E-state index in [9.17, 15) is 4.39 Å². The zero-order valence-electron chi connectivity index (χ0n) is 10.2. The van der Waals surface area contributed by atoms with Crippen LogP contribution in [0.3, 0.4) is 0 Å². The molecule has 1 unspecified atom stereocenters. The van der Waals surface area contributed by atoms with E-state index in [-0.39, 0.29) is 5.82 Å². The van der Waals surface area contributed by atoms with Gasteiger partial charge in [0.05, 0.1) is 0 Å². The van der Waals surface area contributed by atoms with Gasteiger partial charge in [-0.05, 0) is 42.6 Å². The molecule has 0 aliphatic carbocycles. The Labute approximate surface area is 102 Å². The summed E-state index contributed by atoms with van der Waals surface area (Å²) in [6.45, 7) is 7.09. The van der Waals surface area contributed by atoms with Gasteiger partial charge in [0.15, 0.2) is 0 Å². The molecule has 2 N–H and O–H groups in total. The molecule has 0 radical (unpaired) electrons. The quantitative estimate of drug-likeness (QED) is 0.799. The summed E-state index contributed by atoms with van der Waals surface area (Å²) in [4.78, 5) is 1.00. The van der Waals surface area contributed by atoms with Gasteiger partial charge < -0.3 is 5.73 Å². The molecule has 90 valence electrons. The maximum Gasteiger partial charge on any atom is 0.124 e. The predicted molar refractivity (Wildman–Crippen MR) is 69.3 cm³/mol. The Morgan fingerprint density at radius 2 is 1.94 bits per heavy atom. The second-order valence-corrected chi connectivity index (χ2v) is 5.85. The van der Waals surface area contributed by atoms with Crippen molar-refractivity contribution in [3.8, 4) is 0 Å². The summed E-state index contributed by atoms with van der Waals surface area (Å²) in [6.07, 6.45) is 0.737. The summed E-state index contributed by atoms with van der Waals surface area (Å²) >= 11 is 1.73. The van der Waals surface area contributed by atoms with Crippen molar-refractivity contribution < 1.29 is 4.39 Å². The lowest BCUT2D eigenvalue weighted by Crippen LogP contribution is -2.06. The lowest BCUT2D eigenvalue weighted by molar-refractivity contribution is 0.620. The molecule has 1 nitrogen and oxygen atoms in total. The highest BCUT2D eigenvalue weighted by Gasteiger charge is 2.10. The van der Waals surface area contributed by atoms with Crippen LogP contribution in [-0.4, -0.2) is 11.8 Å². The molecule has 0 amide bonds. The average Bonchev–Trinajstić information content (AvgIpc) is 2.16. The number of benzene rings is 1. The molecule has 0 saturated carbocycles. The molecule has 3 heteroatoms. The number of hydrogen-bond donors (Lipinski definition) is 1. The van der Waals surface area contributed by atoms with Crippen molar-refractivity contribution in [2.45, 2.75) is 37.3 Å². The van der Waals surface area contributed by atoms with Gasteiger partial charge in [0.1, 0.15) is 5.82 Å². The van der Waals surface area contributed by atoms with Gasteiger partial charge in [-0.25, -0.2) is 4.39 Å². The van der Waals surface area contributed by atoms with E-state index >= 15 is 0 Å². The number of thioether (sulfide) groups is 1. The number of hydrogen-bond acceptors (Lipinski definition) is 2. The van der Waals surface area contributed by atoms with Crippen molar-refractivity contribution in [1.82, 2.24) is 0 Å². The average molecular weight is 241 g/mol. The Morgan fingerprint density at radius 3 is 2.50 bits per heavy atom. The lowest BCUT2D eigenvalue weighted by Gasteiger charge is -2.15. The highest BCUT2D eigenvalue weighted by molar-refractivity contribution is 8.00. The third-order valence-corrected chi connectivity index (χ3v) is 4.05. The second-order valence-electron chi connectivity index (χ2n) is 4.40. The van der Waals surface area contributed by atoms with Crippen LogP contribution >= 0.6 is 11.8 Å². The molecule has 0 aliphatic rings. The van der Waals surface area contributed by atoms with Gasteiger partial charge >= 0.3 is 0 Å². The molecular weight excluding hydrogens is 221 g/mol. The monoisotopic (exact) mass is 241 g/mol. The van der Waals surface area contributed by atoms with Crippen molar-refractivity contribution in [3.63, 3.8) is 0 Å². The summed E-state index contributed by atoms with van der Waals surface area (Å²) in [5.74, 6) is 0.427. The first-order valence-corrected chi connectivity index (χ1v) is 6.57. The van der Waals surface area contributed by atoms with Crippen LogP contribution < -0.4 is 5.73 Å². The molecule has 1 aromatic carbocycles. The first-order chi connectivity index (χ1) is 7.52. The first-order valence-electron chi connectivity index (χ1n) is 5.69. The Hall–Kier alpha value is -0.540. The van der Waals surface area contributed by atoms with Crippen molar-refractivity contribution in [2.24, 2.45) is 11.7 Å². The van der Waals surface area contributed by atoms with Crippen LogP contribution in [0.15, 0.2) is 23.1 Å². The third kappa shape index (κ3) is 4.14. The van der Waals surface area contributed by atoms with Crippen LogP contribution in [0.1, 0.15) is 26.3 Å². The number of nitrogens with two attached hydrogens (primary N) is 1. The Morgan fingerprint density at radius 1 is 1.25 bits per heavy atom. The summed E-state index contributed by atoms with van der Waals surface area (Å²) < 4.78 is 13.3. The van der Waals surface area contributed by atoms with Gasteiger partial charge in [-0.2, -0.15) is 0 Å². The van der Waals surface area contributed by atoms with E-state index in [1.54, 1.807) is 23.9 Å². The molecule has 0 saturated heterocycles. The molecule has 0 spiro atoms. The van der Waals surface area contributed by atoms with Gasteiger partial charge in [-0.15, -0.1) is 11.8 Å². The SMILES string of the molecule is CC(C)C(C)Sc1cc(F)cc(CCN)c1. The van der Waals surface area contributed by atoms with Gasteiger partial charge in [0.2, 0.25) is 0 Å².